The van der Waals surface area contributed by atoms with Crippen molar-refractivity contribution in [2.75, 3.05) is 4.90 Å². The van der Waals surface area contributed by atoms with Crippen LogP contribution >= 0.6 is 0 Å². The van der Waals surface area contributed by atoms with Crippen molar-refractivity contribution in [3.05, 3.63) is 265 Å². The fraction of sp³-hybridized carbons (Fsp3) is 0.0154. The lowest BCUT2D eigenvalue weighted by molar-refractivity contribution is 0.669. The summed E-state index contributed by atoms with van der Waals surface area (Å²) in [7, 11) is 0. The maximum absolute atomic E-state index is 7.29. The Hall–Kier alpha value is -9.12. The van der Waals surface area contributed by atoms with Crippen molar-refractivity contribution in [3.8, 4) is 16.8 Å². The fourth-order valence-corrected chi connectivity index (χ4v) is 11.9. The van der Waals surface area contributed by atoms with E-state index in [1.54, 1.807) is 0 Å². The Kier molecular flexibility index (Phi) is 7.96. The second-order valence-corrected chi connectivity index (χ2v) is 18.3. The van der Waals surface area contributed by atoms with E-state index in [0.29, 0.717) is 0 Å². The van der Waals surface area contributed by atoms with E-state index in [1.165, 1.54) is 49.4 Å². The number of anilines is 3. The van der Waals surface area contributed by atoms with Crippen LogP contribution in [0.25, 0.3) is 93.3 Å². The van der Waals surface area contributed by atoms with Crippen LogP contribution in [0.1, 0.15) is 22.3 Å². The van der Waals surface area contributed by atoms with Gasteiger partial charge in [-0.25, -0.2) is 0 Å². The summed E-state index contributed by atoms with van der Waals surface area (Å²) in [6.45, 7) is 0. The monoisotopic (exact) mass is 880 g/mol. The van der Waals surface area contributed by atoms with Gasteiger partial charge in [0.15, 0.2) is 0 Å². The van der Waals surface area contributed by atoms with Crippen molar-refractivity contribution in [1.82, 2.24) is 4.57 Å². The second kappa shape index (κ2) is 14.4. The molecule has 14 aromatic rings. The SMILES string of the molecule is c1ccc(-n2c3ccccc3c3cc(N(c4ccc5c(c4)oc4ccccc45)c4cc5c(c6oc7ccccc7c46)-c4ccccc4C5(c4ccccc4)c4ccc5ccccc5c4)ccc32)cc1. The van der Waals surface area contributed by atoms with E-state index in [1.807, 2.05) is 6.07 Å². The third-order valence-electron chi connectivity index (χ3n) is 14.8. The van der Waals surface area contributed by atoms with Crippen LogP contribution in [0.2, 0.25) is 0 Å². The predicted octanol–water partition coefficient (Wildman–Crippen LogP) is 17.6. The molecule has 0 N–H and O–H groups in total. The molecule has 4 nitrogen and oxygen atoms in total. The number of hydrogen-bond donors (Lipinski definition) is 0. The Labute approximate surface area is 397 Å². The van der Waals surface area contributed by atoms with Gasteiger partial charge in [-0.05, 0) is 111 Å². The smallest absolute Gasteiger partial charge is 0.145 e. The van der Waals surface area contributed by atoms with E-state index in [2.05, 4.69) is 246 Å². The highest BCUT2D eigenvalue weighted by atomic mass is 16.3. The highest BCUT2D eigenvalue weighted by molar-refractivity contribution is 6.20. The molecular weight excluding hydrogens is 841 g/mol. The van der Waals surface area contributed by atoms with Gasteiger partial charge in [-0.1, -0.05) is 164 Å². The first-order chi connectivity index (χ1) is 34.2. The average Bonchev–Trinajstić information content (AvgIpc) is 4.16. The summed E-state index contributed by atoms with van der Waals surface area (Å²) >= 11 is 0. The van der Waals surface area contributed by atoms with Gasteiger partial charge in [0, 0.05) is 55.6 Å². The maximum atomic E-state index is 7.29. The minimum atomic E-state index is -0.708. The molecule has 1 atom stereocenters. The lowest BCUT2D eigenvalue weighted by Gasteiger charge is -2.35. The van der Waals surface area contributed by atoms with E-state index in [9.17, 15) is 0 Å². The molecule has 0 aliphatic heterocycles. The number of hydrogen-bond acceptors (Lipinski definition) is 3. The Morgan fingerprint density at radius 3 is 1.87 bits per heavy atom. The van der Waals surface area contributed by atoms with Crippen LogP contribution in [0.3, 0.4) is 0 Å². The molecule has 1 unspecified atom stereocenters. The summed E-state index contributed by atoms with van der Waals surface area (Å²) in [6.07, 6.45) is 0. The fourth-order valence-electron chi connectivity index (χ4n) is 11.9. The van der Waals surface area contributed by atoms with E-state index in [0.717, 1.165) is 83.2 Å². The summed E-state index contributed by atoms with van der Waals surface area (Å²) in [4.78, 5) is 2.45. The highest BCUT2D eigenvalue weighted by Gasteiger charge is 2.48. The van der Waals surface area contributed by atoms with Crippen LogP contribution in [-0.2, 0) is 5.41 Å². The summed E-state index contributed by atoms with van der Waals surface area (Å²) < 4.78 is 16.4. The minimum Gasteiger partial charge on any atom is -0.456 e. The Bertz CT molecular complexity index is 4390. The molecule has 0 amide bonds. The molecule has 0 radical (unpaired) electrons. The van der Waals surface area contributed by atoms with Gasteiger partial charge >= 0.3 is 0 Å². The summed E-state index contributed by atoms with van der Waals surface area (Å²) in [6, 6.07) is 88.2. The van der Waals surface area contributed by atoms with Crippen molar-refractivity contribution >= 4 is 93.5 Å². The topological polar surface area (TPSA) is 34.5 Å². The van der Waals surface area contributed by atoms with Crippen molar-refractivity contribution in [1.29, 1.82) is 0 Å². The first-order valence-corrected chi connectivity index (χ1v) is 23.7. The zero-order chi connectivity index (χ0) is 45.2. The Morgan fingerprint density at radius 2 is 1.01 bits per heavy atom. The zero-order valence-corrected chi connectivity index (χ0v) is 37.3. The Balaban J connectivity index is 1.10. The first-order valence-electron chi connectivity index (χ1n) is 23.7. The van der Waals surface area contributed by atoms with Gasteiger partial charge in [-0.2, -0.15) is 0 Å². The quantitative estimate of drug-likeness (QED) is 0.167. The van der Waals surface area contributed by atoms with Gasteiger partial charge in [0.05, 0.1) is 27.5 Å². The third-order valence-corrected chi connectivity index (χ3v) is 14.8. The number of fused-ring (bicyclic) bond motifs is 14. The highest BCUT2D eigenvalue weighted by Crippen LogP contribution is 2.61. The third kappa shape index (κ3) is 5.34. The molecular formula is C65H40N2O2. The molecule has 322 valence electrons. The second-order valence-electron chi connectivity index (χ2n) is 18.3. The van der Waals surface area contributed by atoms with Crippen LogP contribution < -0.4 is 4.90 Å². The normalized spacial score (nSPS) is 14.4. The van der Waals surface area contributed by atoms with Crippen molar-refractivity contribution in [2.45, 2.75) is 5.41 Å². The summed E-state index contributed by atoms with van der Waals surface area (Å²) in [5, 5.41) is 9.05. The molecule has 15 rings (SSSR count). The van der Waals surface area contributed by atoms with Crippen molar-refractivity contribution in [2.24, 2.45) is 0 Å². The van der Waals surface area contributed by atoms with E-state index in [-0.39, 0.29) is 0 Å². The number of para-hydroxylation sites is 4. The Morgan fingerprint density at radius 1 is 0.377 bits per heavy atom. The maximum Gasteiger partial charge on any atom is 0.145 e. The van der Waals surface area contributed by atoms with Gasteiger partial charge < -0.3 is 18.3 Å². The van der Waals surface area contributed by atoms with Crippen LogP contribution in [-0.4, -0.2) is 4.57 Å². The molecule has 1 aliphatic rings. The summed E-state index contributed by atoms with van der Waals surface area (Å²) in [5.41, 5.74) is 16.2. The molecule has 4 heteroatoms. The van der Waals surface area contributed by atoms with E-state index in [4.69, 9.17) is 8.83 Å². The van der Waals surface area contributed by atoms with Crippen LogP contribution in [0.15, 0.2) is 251 Å². The van der Waals surface area contributed by atoms with Gasteiger partial charge in [0.1, 0.15) is 22.3 Å². The number of benzene rings is 11. The van der Waals surface area contributed by atoms with Gasteiger partial charge in [-0.15, -0.1) is 0 Å². The van der Waals surface area contributed by atoms with Crippen LogP contribution in [0, 0.1) is 0 Å². The largest absolute Gasteiger partial charge is 0.456 e. The summed E-state index contributed by atoms with van der Waals surface area (Å²) in [5.74, 6) is 0. The molecule has 3 heterocycles. The number of furan rings is 2. The van der Waals surface area contributed by atoms with Crippen molar-refractivity contribution < 1.29 is 8.83 Å². The van der Waals surface area contributed by atoms with E-state index >= 15 is 0 Å². The lowest BCUT2D eigenvalue weighted by Crippen LogP contribution is -2.29. The molecule has 1 aliphatic carbocycles. The standard InChI is InChI=1S/C65H40N2O2/c1-3-19-43(20-4-1)65(44-32-31-41-17-7-8-18-42(41)37-44)54-27-13-9-25-51(54)62-55(65)40-58(63-52-26-12-16-30-60(52)69-64(62)63)66(47-33-35-50-49-24-11-15-29-59(49)68-61(50)39-47)46-34-36-57-53(38-46)48-23-10-14-28-56(48)67(57)45-21-5-2-6-22-45/h1-40H. The molecule has 3 aromatic heterocycles. The molecule has 69 heavy (non-hydrogen) atoms. The van der Waals surface area contributed by atoms with Gasteiger partial charge in [0.25, 0.3) is 0 Å². The minimum absolute atomic E-state index is 0.708. The molecule has 0 saturated heterocycles. The molecule has 0 bridgehead atoms. The zero-order valence-electron chi connectivity index (χ0n) is 37.3. The van der Waals surface area contributed by atoms with Gasteiger partial charge in [-0.3, -0.25) is 0 Å². The molecule has 0 fully saturated rings. The average molecular weight is 881 g/mol. The number of rotatable bonds is 6. The molecule has 11 aromatic carbocycles. The number of nitrogens with zero attached hydrogens (tertiary/aromatic N) is 2. The van der Waals surface area contributed by atoms with E-state index < -0.39 is 5.41 Å². The van der Waals surface area contributed by atoms with Crippen molar-refractivity contribution in [3.63, 3.8) is 0 Å². The number of aromatic nitrogens is 1. The van der Waals surface area contributed by atoms with Crippen LogP contribution in [0.5, 0.6) is 0 Å². The first kappa shape index (κ1) is 38.0. The predicted molar refractivity (Wildman–Crippen MR) is 285 cm³/mol. The molecule has 0 saturated carbocycles. The lowest BCUT2D eigenvalue weighted by atomic mass is 9.67. The molecule has 0 spiro atoms. The van der Waals surface area contributed by atoms with Gasteiger partial charge in [0.2, 0.25) is 0 Å². The van der Waals surface area contributed by atoms with Crippen LogP contribution in [0.4, 0.5) is 17.1 Å².